The molecule has 2 fully saturated rings. The smallest absolute Gasteiger partial charge is 0.423 e. The highest BCUT2D eigenvalue weighted by Crippen LogP contribution is 2.23. The van der Waals surface area contributed by atoms with Crippen LogP contribution in [-0.2, 0) is 46.5 Å². The van der Waals surface area contributed by atoms with E-state index in [0.29, 0.717) is 16.0 Å². The van der Waals surface area contributed by atoms with Gasteiger partial charge >= 0.3 is 20.2 Å². The Labute approximate surface area is 257 Å². The van der Waals surface area contributed by atoms with Gasteiger partial charge in [0.05, 0.1) is 19.6 Å². The molecule has 45 heavy (non-hydrogen) atoms. The number of benzene rings is 2. The number of hydroxylamine groups is 2. The van der Waals surface area contributed by atoms with E-state index in [4.69, 9.17) is 14.1 Å². The Morgan fingerprint density at radius 2 is 1.51 bits per heavy atom. The summed E-state index contributed by atoms with van der Waals surface area (Å²) in [6.07, 6.45) is -0.394. The van der Waals surface area contributed by atoms with Crippen LogP contribution in [-0.4, -0.2) is 94.9 Å². The Morgan fingerprint density at radius 3 is 2.16 bits per heavy atom. The molecule has 0 aliphatic carbocycles. The van der Waals surface area contributed by atoms with Gasteiger partial charge in [-0.2, -0.15) is 0 Å². The van der Waals surface area contributed by atoms with Gasteiger partial charge in [0.25, 0.3) is 23.6 Å². The average molecular weight is 618 g/mol. The number of amides is 5. The molecule has 4 aliphatic heterocycles. The first-order chi connectivity index (χ1) is 21.6. The number of imide groups is 1. The topological polar surface area (TPSA) is 201 Å². The van der Waals surface area contributed by atoms with Gasteiger partial charge in [-0.3, -0.25) is 24.0 Å². The standard InChI is InChI=1S/C28H28B2N4O11/c35-23-5-6-24(36)34(23)45-25(37)7-8-31-27(39)22-11-19(32-26(38)15-1-3-17-13-43-29(41)20(17)9-15)12-33(22)28(40)16-2-4-18-14-44-30(42)21(18)10-16/h1-4,9-10,19,22,41-42H,5-8,11-14H2,(H,31,39)(H,32,38)/t19-,22-/m0/s1. The van der Waals surface area contributed by atoms with Crippen LogP contribution in [0.25, 0.3) is 0 Å². The first-order valence-electron chi connectivity index (χ1n) is 14.4. The molecule has 2 saturated heterocycles. The van der Waals surface area contributed by atoms with Crippen LogP contribution in [0.15, 0.2) is 36.4 Å². The molecule has 4 aliphatic rings. The Morgan fingerprint density at radius 1 is 0.911 bits per heavy atom. The molecule has 17 heteroatoms. The van der Waals surface area contributed by atoms with Crippen LogP contribution in [0, 0.1) is 0 Å². The van der Waals surface area contributed by atoms with Crippen LogP contribution in [0.1, 0.15) is 57.5 Å². The lowest BCUT2D eigenvalue weighted by Crippen LogP contribution is -2.46. The predicted octanol–water partition coefficient (Wildman–Crippen LogP) is -2.75. The lowest BCUT2D eigenvalue weighted by atomic mass is 9.78. The maximum absolute atomic E-state index is 13.7. The first-order valence-corrected chi connectivity index (χ1v) is 14.4. The van der Waals surface area contributed by atoms with Gasteiger partial charge in [0.15, 0.2) is 0 Å². The minimum absolute atomic E-state index is 0.0172. The molecule has 0 bridgehead atoms. The van der Waals surface area contributed by atoms with E-state index in [1.807, 2.05) is 0 Å². The van der Waals surface area contributed by atoms with E-state index in [1.54, 1.807) is 24.3 Å². The average Bonchev–Trinajstić information content (AvgIpc) is 3.80. The largest absolute Gasteiger partial charge is 0.491 e. The molecule has 232 valence electrons. The number of nitrogens with zero attached hydrogens (tertiary/aromatic N) is 2. The van der Waals surface area contributed by atoms with E-state index in [-0.39, 0.29) is 63.1 Å². The lowest BCUT2D eigenvalue weighted by Gasteiger charge is -2.24. The van der Waals surface area contributed by atoms with Gasteiger partial charge in [0, 0.05) is 43.1 Å². The third-order valence-electron chi connectivity index (χ3n) is 8.15. The minimum Gasteiger partial charge on any atom is -0.423 e. The maximum Gasteiger partial charge on any atom is 0.491 e. The van der Waals surface area contributed by atoms with E-state index >= 15 is 0 Å². The fourth-order valence-electron chi connectivity index (χ4n) is 5.76. The summed E-state index contributed by atoms with van der Waals surface area (Å²) >= 11 is 0. The normalized spacial score (nSPS) is 20.4. The third-order valence-corrected chi connectivity index (χ3v) is 8.15. The highest BCUT2D eigenvalue weighted by Gasteiger charge is 2.41. The van der Waals surface area contributed by atoms with Crippen LogP contribution >= 0.6 is 0 Å². The Bertz CT molecular complexity index is 1590. The molecule has 2 aromatic rings. The Kier molecular flexibility index (Phi) is 8.42. The zero-order valence-corrected chi connectivity index (χ0v) is 23.9. The van der Waals surface area contributed by atoms with E-state index in [0.717, 1.165) is 11.1 Å². The summed E-state index contributed by atoms with van der Waals surface area (Å²) in [5.74, 6) is -3.73. The number of carbonyl (C=O) groups excluding carboxylic acids is 6. The van der Waals surface area contributed by atoms with Crippen molar-refractivity contribution in [3.63, 3.8) is 0 Å². The molecule has 0 saturated carbocycles. The minimum atomic E-state index is -1.18. The second-order valence-corrected chi connectivity index (χ2v) is 11.1. The number of rotatable bonds is 8. The molecule has 15 nitrogen and oxygen atoms in total. The zero-order valence-electron chi connectivity index (χ0n) is 23.9. The fourth-order valence-corrected chi connectivity index (χ4v) is 5.76. The van der Waals surface area contributed by atoms with Crippen LogP contribution in [0.3, 0.4) is 0 Å². The van der Waals surface area contributed by atoms with Gasteiger partial charge in [0.2, 0.25) is 5.91 Å². The summed E-state index contributed by atoms with van der Waals surface area (Å²) in [5, 5.41) is 26.0. The number of nitrogens with one attached hydrogen (secondary N) is 2. The van der Waals surface area contributed by atoms with Crippen molar-refractivity contribution in [1.82, 2.24) is 20.6 Å². The summed E-state index contributed by atoms with van der Waals surface area (Å²) in [6, 6.07) is 7.88. The van der Waals surface area contributed by atoms with E-state index < -0.39 is 61.8 Å². The lowest BCUT2D eigenvalue weighted by molar-refractivity contribution is -0.197. The molecule has 2 atom stereocenters. The molecule has 5 amide bonds. The van der Waals surface area contributed by atoms with Gasteiger partial charge in [-0.05, 0) is 52.7 Å². The number of likely N-dealkylation sites (tertiary alicyclic amines) is 1. The highest BCUT2D eigenvalue weighted by molar-refractivity contribution is 6.62. The quantitative estimate of drug-likeness (QED) is 0.177. The first kappa shape index (κ1) is 30.5. The molecule has 0 unspecified atom stereocenters. The molecular formula is C28H28B2N4O11. The van der Waals surface area contributed by atoms with Crippen molar-refractivity contribution in [2.24, 2.45) is 0 Å². The van der Waals surface area contributed by atoms with Crippen molar-refractivity contribution < 1.29 is 53.0 Å². The molecule has 4 N–H and O–H groups in total. The van der Waals surface area contributed by atoms with Crippen molar-refractivity contribution in [2.45, 2.75) is 51.0 Å². The number of hydrogen-bond donors (Lipinski definition) is 4. The molecule has 0 spiro atoms. The fraction of sp³-hybridized carbons (Fsp3) is 0.357. The predicted molar refractivity (Wildman–Crippen MR) is 153 cm³/mol. The van der Waals surface area contributed by atoms with Crippen LogP contribution in [0.5, 0.6) is 0 Å². The van der Waals surface area contributed by atoms with Crippen molar-refractivity contribution in [3.8, 4) is 0 Å². The van der Waals surface area contributed by atoms with Crippen molar-refractivity contribution in [2.75, 3.05) is 13.1 Å². The summed E-state index contributed by atoms with van der Waals surface area (Å²) in [5.41, 5.74) is 2.91. The zero-order chi connectivity index (χ0) is 31.8. The van der Waals surface area contributed by atoms with E-state index in [9.17, 15) is 38.8 Å². The van der Waals surface area contributed by atoms with Gasteiger partial charge in [0.1, 0.15) is 6.04 Å². The van der Waals surface area contributed by atoms with Gasteiger partial charge in [-0.1, -0.05) is 12.1 Å². The molecule has 2 aromatic carbocycles. The number of carbonyl (C=O) groups is 6. The van der Waals surface area contributed by atoms with E-state index in [2.05, 4.69) is 10.6 Å². The second kappa shape index (κ2) is 12.4. The monoisotopic (exact) mass is 618 g/mol. The molecule has 4 heterocycles. The maximum atomic E-state index is 13.7. The van der Waals surface area contributed by atoms with Gasteiger partial charge < -0.3 is 39.7 Å². The summed E-state index contributed by atoms with van der Waals surface area (Å²) < 4.78 is 10.4. The van der Waals surface area contributed by atoms with E-state index in [1.165, 1.54) is 17.0 Å². The van der Waals surface area contributed by atoms with Crippen molar-refractivity contribution in [1.29, 1.82) is 0 Å². The number of hydrogen-bond acceptors (Lipinski definition) is 11. The Balaban J connectivity index is 1.14. The summed E-state index contributed by atoms with van der Waals surface area (Å²) in [7, 11) is -2.31. The van der Waals surface area contributed by atoms with Gasteiger partial charge in [-0.15, -0.1) is 5.06 Å². The SMILES string of the molecule is O=C(CCNC(=O)[C@@H]1C[C@H](NC(=O)c2ccc3c(c2)B(O)OC3)CN1C(=O)c1ccc2c(c1)B(O)OC2)ON1C(=O)CCC1=O. The van der Waals surface area contributed by atoms with Crippen molar-refractivity contribution in [3.05, 3.63) is 58.7 Å². The number of fused-ring (bicyclic) bond motifs is 2. The second-order valence-electron chi connectivity index (χ2n) is 11.1. The highest BCUT2D eigenvalue weighted by atomic mass is 16.7. The molecule has 0 radical (unpaired) electrons. The van der Waals surface area contributed by atoms with Gasteiger partial charge in [-0.25, -0.2) is 4.79 Å². The van der Waals surface area contributed by atoms with Crippen LogP contribution < -0.4 is 21.6 Å². The van der Waals surface area contributed by atoms with Crippen molar-refractivity contribution >= 4 is 60.7 Å². The summed E-state index contributed by atoms with van der Waals surface area (Å²) in [6.45, 7) is 0.206. The van der Waals surface area contributed by atoms with Crippen LogP contribution in [0.2, 0.25) is 0 Å². The Hall–Kier alpha value is -4.57. The molecule has 6 rings (SSSR count). The third kappa shape index (κ3) is 6.20. The molecular weight excluding hydrogens is 590 g/mol. The summed E-state index contributed by atoms with van der Waals surface area (Å²) in [4.78, 5) is 81.9. The molecule has 0 aromatic heterocycles. The van der Waals surface area contributed by atoms with Crippen LogP contribution in [0.4, 0.5) is 0 Å².